The average Bonchev–Trinajstić information content (AvgIpc) is 2.71. The van der Waals surface area contributed by atoms with E-state index in [0.29, 0.717) is 53.4 Å². The van der Waals surface area contributed by atoms with Gasteiger partial charge in [0, 0.05) is 37.4 Å². The first-order valence-electron chi connectivity index (χ1n) is 8.63. The number of rotatable bonds is 10. The maximum absolute atomic E-state index is 12.3. The maximum atomic E-state index is 12.3. The first-order valence-corrected chi connectivity index (χ1v) is 8.63. The van der Waals surface area contributed by atoms with Crippen molar-refractivity contribution < 1.29 is 28.5 Å². The lowest BCUT2D eigenvalue weighted by Gasteiger charge is -2.14. The van der Waals surface area contributed by atoms with Crippen LogP contribution in [0.1, 0.15) is 18.4 Å². The van der Waals surface area contributed by atoms with E-state index in [1.54, 1.807) is 25.3 Å². The van der Waals surface area contributed by atoms with Gasteiger partial charge in [-0.1, -0.05) is 6.92 Å². The van der Waals surface area contributed by atoms with E-state index >= 15 is 0 Å². The summed E-state index contributed by atoms with van der Waals surface area (Å²) in [4.78, 5) is 20.9. The average molecular weight is 391 g/mol. The highest BCUT2D eigenvalue weighted by atomic mass is 16.5. The van der Waals surface area contributed by atoms with Crippen molar-refractivity contribution in [3.05, 3.63) is 29.7 Å². The number of carbonyl (C=O) groups excluding carboxylic acids is 1. The van der Waals surface area contributed by atoms with Crippen LogP contribution < -0.4 is 24.3 Å². The second-order valence-corrected chi connectivity index (χ2v) is 5.65. The Balaban J connectivity index is 2.08. The fourth-order valence-electron chi connectivity index (χ4n) is 2.47. The van der Waals surface area contributed by atoms with Gasteiger partial charge in [-0.2, -0.15) is 4.98 Å². The number of methoxy groups -OCH3 is 4. The van der Waals surface area contributed by atoms with Crippen LogP contribution in [0.5, 0.6) is 23.1 Å². The van der Waals surface area contributed by atoms with Crippen LogP contribution in [0.15, 0.2) is 18.2 Å². The van der Waals surface area contributed by atoms with Crippen molar-refractivity contribution in [3.63, 3.8) is 0 Å². The maximum Gasteiger partial charge on any atom is 0.262 e. The van der Waals surface area contributed by atoms with Gasteiger partial charge in [0.15, 0.2) is 18.1 Å². The monoisotopic (exact) mass is 391 g/mol. The Labute approximate surface area is 163 Å². The van der Waals surface area contributed by atoms with Crippen molar-refractivity contribution in [2.24, 2.45) is 0 Å². The minimum atomic E-state index is -0.362. The number of carbonyl (C=O) groups is 1. The topological polar surface area (TPSA) is 101 Å². The molecule has 2 rings (SSSR count). The Morgan fingerprint density at radius 3 is 2.21 bits per heavy atom. The molecule has 28 heavy (non-hydrogen) atoms. The van der Waals surface area contributed by atoms with Crippen molar-refractivity contribution in [1.82, 2.24) is 9.97 Å². The van der Waals surface area contributed by atoms with Gasteiger partial charge in [-0.3, -0.25) is 4.79 Å². The quantitative estimate of drug-likeness (QED) is 0.658. The van der Waals surface area contributed by atoms with Crippen LogP contribution in [0.3, 0.4) is 0 Å². The Morgan fingerprint density at radius 2 is 1.68 bits per heavy atom. The number of nitrogens with one attached hydrogen (secondary N) is 1. The van der Waals surface area contributed by atoms with E-state index in [1.165, 1.54) is 21.3 Å². The lowest BCUT2D eigenvalue weighted by atomic mass is 10.2. The van der Waals surface area contributed by atoms with Gasteiger partial charge in [-0.05, 0) is 0 Å². The van der Waals surface area contributed by atoms with E-state index < -0.39 is 0 Å². The number of anilines is 1. The molecule has 0 radical (unpaired) electrons. The molecule has 0 atom stereocenters. The summed E-state index contributed by atoms with van der Waals surface area (Å²) in [6.45, 7) is 2.06. The Morgan fingerprint density at radius 1 is 1.00 bits per heavy atom. The molecule has 0 saturated carbocycles. The molecule has 0 fully saturated rings. The predicted octanol–water partition coefficient (Wildman–Crippen LogP) is 2.23. The SMILES string of the molecule is CCc1nc(COC)cc(OCC(=O)Nc2cc(OC)c(OC)c(OC)c2)n1. The van der Waals surface area contributed by atoms with E-state index in [0.717, 1.165) is 0 Å². The Bertz CT molecular complexity index is 787. The third-order valence-electron chi connectivity index (χ3n) is 3.71. The predicted molar refractivity (Wildman–Crippen MR) is 102 cm³/mol. The van der Waals surface area contributed by atoms with Gasteiger partial charge in [0.2, 0.25) is 11.6 Å². The zero-order chi connectivity index (χ0) is 20.5. The Hall–Kier alpha value is -3.07. The number of hydrogen-bond donors (Lipinski definition) is 1. The first kappa shape index (κ1) is 21.2. The molecule has 1 aromatic carbocycles. The minimum absolute atomic E-state index is 0.219. The van der Waals surface area contributed by atoms with Crippen molar-refractivity contribution in [2.45, 2.75) is 20.0 Å². The van der Waals surface area contributed by atoms with Crippen LogP contribution in [-0.4, -0.2) is 50.9 Å². The zero-order valence-corrected chi connectivity index (χ0v) is 16.7. The number of hydrogen-bond acceptors (Lipinski definition) is 8. The van der Waals surface area contributed by atoms with Gasteiger partial charge in [0.05, 0.1) is 33.6 Å². The van der Waals surface area contributed by atoms with Crippen LogP contribution in [0.2, 0.25) is 0 Å². The summed E-state index contributed by atoms with van der Waals surface area (Å²) in [6.07, 6.45) is 0.644. The first-order chi connectivity index (χ1) is 13.5. The summed E-state index contributed by atoms with van der Waals surface area (Å²) in [5, 5.41) is 2.73. The van der Waals surface area contributed by atoms with E-state index in [2.05, 4.69) is 15.3 Å². The van der Waals surface area contributed by atoms with Gasteiger partial charge < -0.3 is 29.0 Å². The molecule has 9 nitrogen and oxygen atoms in total. The normalized spacial score (nSPS) is 10.3. The van der Waals surface area contributed by atoms with Crippen molar-refractivity contribution >= 4 is 11.6 Å². The van der Waals surface area contributed by atoms with Crippen LogP contribution in [0.25, 0.3) is 0 Å². The minimum Gasteiger partial charge on any atom is -0.493 e. The molecule has 0 spiro atoms. The van der Waals surface area contributed by atoms with Gasteiger partial charge in [-0.15, -0.1) is 0 Å². The van der Waals surface area contributed by atoms with Gasteiger partial charge in [-0.25, -0.2) is 4.98 Å². The van der Waals surface area contributed by atoms with Crippen molar-refractivity contribution in [2.75, 3.05) is 40.4 Å². The summed E-state index contributed by atoms with van der Waals surface area (Å²) in [5.74, 6) is 1.89. The molecule has 0 aliphatic rings. The third-order valence-corrected chi connectivity index (χ3v) is 3.71. The number of ether oxygens (including phenoxy) is 5. The van der Waals surface area contributed by atoms with Gasteiger partial charge in [0.1, 0.15) is 5.82 Å². The molecule has 0 unspecified atom stereocenters. The second-order valence-electron chi connectivity index (χ2n) is 5.65. The van der Waals surface area contributed by atoms with Crippen LogP contribution >= 0.6 is 0 Å². The zero-order valence-electron chi connectivity index (χ0n) is 16.7. The lowest BCUT2D eigenvalue weighted by molar-refractivity contribution is -0.118. The van der Waals surface area contributed by atoms with Crippen LogP contribution in [0.4, 0.5) is 5.69 Å². The number of aromatic nitrogens is 2. The third kappa shape index (κ3) is 5.46. The largest absolute Gasteiger partial charge is 0.493 e. The van der Waals surface area contributed by atoms with E-state index in [4.69, 9.17) is 23.7 Å². The fourth-order valence-corrected chi connectivity index (χ4v) is 2.47. The molecule has 152 valence electrons. The number of nitrogens with zero attached hydrogens (tertiary/aromatic N) is 2. The molecule has 9 heteroatoms. The van der Waals surface area contributed by atoms with Crippen molar-refractivity contribution in [3.8, 4) is 23.1 Å². The number of benzene rings is 1. The lowest BCUT2D eigenvalue weighted by Crippen LogP contribution is -2.21. The van der Waals surface area contributed by atoms with E-state index in [-0.39, 0.29) is 12.5 Å². The Kier molecular flexibility index (Phi) is 7.82. The second kappa shape index (κ2) is 10.3. The summed E-state index contributed by atoms with van der Waals surface area (Å²) >= 11 is 0. The molecule has 1 aromatic heterocycles. The number of amides is 1. The molecule has 2 aromatic rings. The van der Waals surface area contributed by atoms with Gasteiger partial charge in [0.25, 0.3) is 5.91 Å². The molecule has 1 N–H and O–H groups in total. The van der Waals surface area contributed by atoms with Gasteiger partial charge >= 0.3 is 0 Å². The number of aryl methyl sites for hydroxylation is 1. The molecular formula is C19H25N3O6. The van der Waals surface area contributed by atoms with E-state index in [9.17, 15) is 4.79 Å². The van der Waals surface area contributed by atoms with Crippen LogP contribution in [0, 0.1) is 0 Å². The summed E-state index contributed by atoms with van der Waals surface area (Å²) < 4.78 is 26.4. The smallest absolute Gasteiger partial charge is 0.262 e. The summed E-state index contributed by atoms with van der Waals surface area (Å²) in [5.41, 5.74) is 1.18. The van der Waals surface area contributed by atoms with E-state index in [1.807, 2.05) is 6.92 Å². The molecule has 0 bridgehead atoms. The fraction of sp³-hybridized carbons (Fsp3) is 0.421. The molecule has 1 heterocycles. The highest BCUT2D eigenvalue weighted by molar-refractivity contribution is 5.92. The highest BCUT2D eigenvalue weighted by Crippen LogP contribution is 2.39. The summed E-state index contributed by atoms with van der Waals surface area (Å²) in [7, 11) is 6.10. The summed E-state index contributed by atoms with van der Waals surface area (Å²) in [6, 6.07) is 4.92. The molecule has 1 amide bonds. The molecule has 0 aliphatic carbocycles. The van der Waals surface area contributed by atoms with Crippen LogP contribution in [-0.2, 0) is 22.6 Å². The molecule has 0 aliphatic heterocycles. The molecule has 0 saturated heterocycles. The molecular weight excluding hydrogens is 366 g/mol. The standard InChI is InChI=1S/C19H25N3O6/c1-6-16-20-13(10-24-2)9-18(22-16)28-11-17(23)21-12-7-14(25-3)19(27-5)15(8-12)26-4/h7-9H,6,10-11H2,1-5H3,(H,21,23). The highest BCUT2D eigenvalue weighted by Gasteiger charge is 2.15. The van der Waals surface area contributed by atoms with Crippen molar-refractivity contribution in [1.29, 1.82) is 0 Å².